The number of ether oxygens (including phenoxy) is 1. The van der Waals surface area contributed by atoms with Crippen LogP contribution >= 0.6 is 0 Å². The highest BCUT2D eigenvalue weighted by molar-refractivity contribution is 5.80. The molecule has 1 aromatic carbocycles. The number of halogens is 1. The summed E-state index contributed by atoms with van der Waals surface area (Å²) in [5.41, 5.74) is 1.56. The zero-order chi connectivity index (χ0) is 18.4. The lowest BCUT2D eigenvalue weighted by Gasteiger charge is -2.33. The van der Waals surface area contributed by atoms with Crippen LogP contribution in [-0.2, 0) is 17.9 Å². The van der Waals surface area contributed by atoms with E-state index in [1.807, 2.05) is 6.07 Å². The van der Waals surface area contributed by atoms with Gasteiger partial charge in [0.25, 0.3) is 0 Å². The van der Waals surface area contributed by atoms with Crippen LogP contribution in [0.2, 0.25) is 0 Å². The smallest absolute Gasteiger partial charge is 0.191 e. The fourth-order valence-electron chi connectivity index (χ4n) is 3.52. The lowest BCUT2D eigenvalue weighted by Crippen LogP contribution is -2.49. The number of guanidine groups is 1. The third-order valence-corrected chi connectivity index (χ3v) is 5.11. The van der Waals surface area contributed by atoms with Crippen molar-refractivity contribution >= 4 is 5.96 Å². The molecule has 0 aromatic heterocycles. The number of aliphatic imine (C=N–C) groups is 1. The van der Waals surface area contributed by atoms with Crippen LogP contribution in [0.4, 0.5) is 4.39 Å². The van der Waals surface area contributed by atoms with E-state index in [2.05, 4.69) is 22.5 Å². The van der Waals surface area contributed by atoms with Crippen molar-refractivity contribution < 1.29 is 9.13 Å². The molecule has 2 fully saturated rings. The summed E-state index contributed by atoms with van der Waals surface area (Å²) in [5.74, 6) is 0.613. The minimum atomic E-state index is -0.230. The van der Waals surface area contributed by atoms with E-state index in [-0.39, 0.29) is 12.4 Å². The van der Waals surface area contributed by atoms with Crippen LogP contribution in [0.25, 0.3) is 0 Å². The lowest BCUT2D eigenvalue weighted by molar-refractivity contribution is 0.181. The normalized spacial score (nSPS) is 19.6. The van der Waals surface area contributed by atoms with Crippen molar-refractivity contribution in [2.75, 3.05) is 26.7 Å². The molecule has 1 aliphatic carbocycles. The minimum Gasteiger partial charge on any atom is -0.380 e. The molecule has 5 nitrogen and oxygen atoms in total. The van der Waals surface area contributed by atoms with Gasteiger partial charge < -0.3 is 20.3 Å². The Kier molecular flexibility index (Phi) is 6.86. The highest BCUT2D eigenvalue weighted by Crippen LogP contribution is 2.29. The predicted molar refractivity (Wildman–Crippen MR) is 103 cm³/mol. The minimum absolute atomic E-state index is 0.230. The number of likely N-dealkylation sites (tertiary alicyclic amines) is 1. The van der Waals surface area contributed by atoms with Gasteiger partial charge in [0.2, 0.25) is 0 Å². The summed E-state index contributed by atoms with van der Waals surface area (Å²) in [4.78, 5) is 7.32. The molecule has 6 heteroatoms. The molecule has 144 valence electrons. The van der Waals surface area contributed by atoms with Crippen LogP contribution in [-0.4, -0.2) is 49.7 Å². The first-order chi connectivity index (χ1) is 12.7. The maximum Gasteiger partial charge on any atom is 0.191 e. The van der Waals surface area contributed by atoms with Crippen LogP contribution < -0.4 is 10.6 Å². The summed E-state index contributed by atoms with van der Waals surface area (Å²) in [7, 11) is 1.58. The van der Waals surface area contributed by atoms with E-state index in [4.69, 9.17) is 9.73 Å². The van der Waals surface area contributed by atoms with Crippen molar-refractivity contribution in [3.05, 3.63) is 35.1 Å². The zero-order valence-electron chi connectivity index (χ0n) is 15.9. The van der Waals surface area contributed by atoms with Gasteiger partial charge in [0.05, 0.1) is 13.2 Å². The second kappa shape index (κ2) is 9.33. The second-order valence-corrected chi connectivity index (χ2v) is 7.24. The van der Waals surface area contributed by atoms with Crippen molar-refractivity contribution in [1.29, 1.82) is 0 Å². The molecule has 0 spiro atoms. The molecule has 0 unspecified atom stereocenters. The van der Waals surface area contributed by atoms with Gasteiger partial charge in [-0.15, -0.1) is 0 Å². The Hall–Kier alpha value is -1.66. The van der Waals surface area contributed by atoms with E-state index in [1.54, 1.807) is 13.2 Å². The number of hydrogen-bond donors (Lipinski definition) is 2. The van der Waals surface area contributed by atoms with Crippen molar-refractivity contribution in [3.63, 3.8) is 0 Å². The molecule has 0 bridgehead atoms. The van der Waals surface area contributed by atoms with Crippen molar-refractivity contribution in [1.82, 2.24) is 15.5 Å². The first kappa shape index (κ1) is 19.1. The molecular formula is C20H31FN4O. The third-order valence-electron chi connectivity index (χ3n) is 5.11. The van der Waals surface area contributed by atoms with Crippen molar-refractivity contribution in [3.8, 4) is 0 Å². The van der Waals surface area contributed by atoms with Gasteiger partial charge in [0, 0.05) is 44.4 Å². The van der Waals surface area contributed by atoms with E-state index in [0.717, 1.165) is 37.0 Å². The molecule has 2 N–H and O–H groups in total. The van der Waals surface area contributed by atoms with Gasteiger partial charge >= 0.3 is 0 Å². The maximum atomic E-state index is 13.7. The number of nitrogens with zero attached hydrogens (tertiary/aromatic N) is 2. The Labute approximate surface area is 156 Å². The summed E-state index contributed by atoms with van der Waals surface area (Å²) in [5, 5.41) is 6.90. The van der Waals surface area contributed by atoms with Gasteiger partial charge in [-0.05, 0) is 50.3 Å². The van der Waals surface area contributed by atoms with Crippen molar-refractivity contribution in [2.45, 2.75) is 57.8 Å². The second-order valence-electron chi connectivity index (χ2n) is 7.24. The molecule has 26 heavy (non-hydrogen) atoms. The van der Waals surface area contributed by atoms with E-state index >= 15 is 0 Å². The molecule has 1 aromatic rings. The molecule has 1 heterocycles. The van der Waals surface area contributed by atoms with Gasteiger partial charge in [-0.2, -0.15) is 0 Å². The fraction of sp³-hybridized carbons (Fsp3) is 0.650. The third kappa shape index (κ3) is 5.42. The molecule has 0 radical (unpaired) electrons. The standard InChI is InChI=1S/C20H31FN4O/c1-3-22-20(24-17-8-10-25(11-9-17)18-5-6-18)23-13-15-4-7-19(21)16(12-15)14-26-2/h4,7,12,17-18H,3,5-6,8-11,13-14H2,1-2H3,(H2,22,23,24). The summed E-state index contributed by atoms with van der Waals surface area (Å²) < 4.78 is 18.8. The van der Waals surface area contributed by atoms with Crippen molar-refractivity contribution in [2.24, 2.45) is 4.99 Å². The van der Waals surface area contributed by atoms with Crippen LogP contribution in [0.3, 0.4) is 0 Å². The van der Waals surface area contributed by atoms with Crippen LogP contribution in [0.1, 0.15) is 43.7 Å². The SMILES string of the molecule is CCNC(=NCc1ccc(F)c(COC)c1)NC1CCN(C2CC2)CC1. The summed E-state index contributed by atoms with van der Waals surface area (Å²) in [6, 6.07) is 6.45. The molecule has 3 rings (SSSR count). The first-order valence-electron chi connectivity index (χ1n) is 9.74. The Bertz CT molecular complexity index is 610. The molecule has 1 saturated heterocycles. The van der Waals surface area contributed by atoms with E-state index in [0.29, 0.717) is 18.2 Å². The molecule has 1 aliphatic heterocycles. The van der Waals surface area contributed by atoms with E-state index in [1.165, 1.54) is 32.0 Å². The number of nitrogens with one attached hydrogen (secondary N) is 2. The Morgan fingerprint density at radius 3 is 2.69 bits per heavy atom. The number of rotatable bonds is 7. The predicted octanol–water partition coefficient (Wildman–Crippen LogP) is 2.65. The highest BCUT2D eigenvalue weighted by atomic mass is 19.1. The largest absolute Gasteiger partial charge is 0.380 e. The van der Waals surface area contributed by atoms with Crippen LogP contribution in [0.15, 0.2) is 23.2 Å². The average molecular weight is 362 g/mol. The van der Waals surface area contributed by atoms with Crippen LogP contribution in [0.5, 0.6) is 0 Å². The number of piperidine rings is 1. The Morgan fingerprint density at radius 2 is 2.04 bits per heavy atom. The van der Waals surface area contributed by atoms with E-state index in [9.17, 15) is 4.39 Å². The van der Waals surface area contributed by atoms with E-state index < -0.39 is 0 Å². The Balaban J connectivity index is 1.55. The van der Waals surface area contributed by atoms with Crippen LogP contribution in [0, 0.1) is 5.82 Å². The number of benzene rings is 1. The van der Waals surface area contributed by atoms with Gasteiger partial charge in [0.15, 0.2) is 5.96 Å². The molecule has 1 saturated carbocycles. The number of methoxy groups -OCH3 is 1. The molecule has 2 aliphatic rings. The lowest BCUT2D eigenvalue weighted by atomic mass is 10.1. The topological polar surface area (TPSA) is 48.9 Å². The maximum absolute atomic E-state index is 13.7. The molecular weight excluding hydrogens is 331 g/mol. The quantitative estimate of drug-likeness (QED) is 0.578. The Morgan fingerprint density at radius 1 is 1.27 bits per heavy atom. The van der Waals surface area contributed by atoms with Gasteiger partial charge in [-0.3, -0.25) is 0 Å². The summed E-state index contributed by atoms with van der Waals surface area (Å²) >= 11 is 0. The summed E-state index contributed by atoms with van der Waals surface area (Å²) in [6.45, 7) is 6.06. The monoisotopic (exact) mass is 362 g/mol. The van der Waals surface area contributed by atoms with Gasteiger partial charge in [0.1, 0.15) is 5.82 Å². The first-order valence-corrected chi connectivity index (χ1v) is 9.74. The highest BCUT2D eigenvalue weighted by Gasteiger charge is 2.31. The zero-order valence-corrected chi connectivity index (χ0v) is 15.9. The van der Waals surface area contributed by atoms with Gasteiger partial charge in [-0.1, -0.05) is 6.07 Å². The molecule has 0 atom stereocenters. The average Bonchev–Trinajstić information content (AvgIpc) is 3.48. The summed E-state index contributed by atoms with van der Waals surface area (Å²) in [6.07, 6.45) is 5.08. The number of hydrogen-bond acceptors (Lipinski definition) is 3. The van der Waals surface area contributed by atoms with Gasteiger partial charge in [-0.25, -0.2) is 9.38 Å². The molecule has 0 amide bonds. The fourth-order valence-corrected chi connectivity index (χ4v) is 3.52.